The van der Waals surface area contributed by atoms with Gasteiger partial charge in [0.05, 0.1) is 35.2 Å². The molecule has 2 aliphatic heterocycles. The number of benzene rings is 2. The molecule has 0 N–H and O–H groups in total. The van der Waals surface area contributed by atoms with Gasteiger partial charge in [-0.05, 0) is 48.7 Å². The van der Waals surface area contributed by atoms with E-state index in [-0.39, 0.29) is 29.0 Å². The topological polar surface area (TPSA) is 108 Å². The van der Waals surface area contributed by atoms with Crippen LogP contribution in [0, 0.1) is 10.1 Å². The van der Waals surface area contributed by atoms with Gasteiger partial charge in [-0.3, -0.25) is 19.8 Å². The van der Waals surface area contributed by atoms with Crippen molar-refractivity contribution in [1.82, 2.24) is 4.90 Å². The highest BCUT2D eigenvalue weighted by Gasteiger charge is 2.34. The average Bonchev–Trinajstić information content (AvgIpc) is 3.44. The molecule has 2 aromatic rings. The van der Waals surface area contributed by atoms with E-state index in [2.05, 4.69) is 0 Å². The second-order valence-electron chi connectivity index (χ2n) is 7.53. The molecule has 1 amide bonds. The lowest BCUT2D eigenvalue weighted by molar-refractivity contribution is -0.384. The van der Waals surface area contributed by atoms with Gasteiger partial charge in [-0.25, -0.2) is 4.79 Å². The van der Waals surface area contributed by atoms with E-state index in [1.807, 2.05) is 0 Å². The van der Waals surface area contributed by atoms with E-state index in [0.717, 1.165) is 12.8 Å². The maximum atomic E-state index is 12.8. The van der Waals surface area contributed by atoms with E-state index in [4.69, 9.17) is 26.4 Å². The van der Waals surface area contributed by atoms with Crippen LogP contribution in [0.2, 0.25) is 0 Å². The third-order valence-electron chi connectivity index (χ3n) is 5.29. The van der Waals surface area contributed by atoms with Gasteiger partial charge in [-0.15, -0.1) is 0 Å². The minimum Gasteiger partial charge on any atom is -0.493 e. The number of carbonyl (C=O) groups excluding carboxylic acids is 2. The smallest absolute Gasteiger partial charge is 0.343 e. The van der Waals surface area contributed by atoms with Gasteiger partial charge in [0.25, 0.3) is 11.6 Å². The average molecular weight is 501 g/mol. The summed E-state index contributed by atoms with van der Waals surface area (Å²) in [5.74, 6) is -0.387. The Morgan fingerprint density at radius 3 is 2.71 bits per heavy atom. The van der Waals surface area contributed by atoms with Gasteiger partial charge in [-0.2, -0.15) is 0 Å². The van der Waals surface area contributed by atoms with Crippen molar-refractivity contribution in [3.05, 3.63) is 68.6 Å². The number of amides is 1. The number of ether oxygens (including phenoxy) is 3. The molecule has 0 saturated carbocycles. The van der Waals surface area contributed by atoms with E-state index in [9.17, 15) is 19.7 Å². The number of esters is 1. The SMILES string of the molecule is COc1cc(/C=C2\SC(=S)N(CC3CCCO3)C2=O)ccc1OC(=O)c1ccc([N+](=O)[O-])cc1. The van der Waals surface area contributed by atoms with Crippen molar-refractivity contribution in [2.45, 2.75) is 18.9 Å². The van der Waals surface area contributed by atoms with Crippen LogP contribution in [0.5, 0.6) is 11.5 Å². The normalized spacial score (nSPS) is 19.0. The summed E-state index contributed by atoms with van der Waals surface area (Å²) in [5.41, 5.74) is 0.705. The molecule has 2 saturated heterocycles. The Morgan fingerprint density at radius 2 is 2.06 bits per heavy atom. The number of hydrogen-bond donors (Lipinski definition) is 0. The molecular weight excluding hydrogens is 480 g/mol. The maximum Gasteiger partial charge on any atom is 0.343 e. The summed E-state index contributed by atoms with van der Waals surface area (Å²) in [4.78, 5) is 37.6. The number of hydrogen-bond acceptors (Lipinski definition) is 9. The Labute approximate surface area is 204 Å². The van der Waals surface area contributed by atoms with Crippen molar-refractivity contribution in [3.63, 3.8) is 0 Å². The molecule has 176 valence electrons. The van der Waals surface area contributed by atoms with Gasteiger partial charge in [0.1, 0.15) is 4.32 Å². The highest BCUT2D eigenvalue weighted by molar-refractivity contribution is 8.26. The van der Waals surface area contributed by atoms with Crippen LogP contribution in [0.3, 0.4) is 0 Å². The second kappa shape index (κ2) is 10.3. The molecule has 2 aliphatic rings. The molecule has 1 unspecified atom stereocenters. The summed E-state index contributed by atoms with van der Waals surface area (Å²) in [6.45, 7) is 1.15. The van der Waals surface area contributed by atoms with E-state index >= 15 is 0 Å². The fourth-order valence-corrected chi connectivity index (χ4v) is 4.81. The molecule has 34 heavy (non-hydrogen) atoms. The van der Waals surface area contributed by atoms with Gasteiger partial charge in [-0.1, -0.05) is 30.0 Å². The molecule has 0 aliphatic carbocycles. The molecule has 2 heterocycles. The number of non-ortho nitro benzene ring substituents is 1. The fourth-order valence-electron chi connectivity index (χ4n) is 3.54. The molecule has 0 bridgehead atoms. The van der Waals surface area contributed by atoms with Crippen LogP contribution in [-0.2, 0) is 9.53 Å². The monoisotopic (exact) mass is 500 g/mol. The van der Waals surface area contributed by atoms with Crippen LogP contribution in [-0.4, -0.2) is 52.4 Å². The molecule has 0 spiro atoms. The first-order valence-corrected chi connectivity index (χ1v) is 11.6. The fraction of sp³-hybridized carbons (Fsp3) is 0.261. The highest BCUT2D eigenvalue weighted by atomic mass is 32.2. The molecule has 2 aromatic carbocycles. The molecule has 9 nitrogen and oxygen atoms in total. The zero-order valence-electron chi connectivity index (χ0n) is 18.1. The summed E-state index contributed by atoms with van der Waals surface area (Å²) < 4.78 is 16.9. The number of thioether (sulfide) groups is 1. The lowest BCUT2D eigenvalue weighted by atomic mass is 10.1. The predicted octanol–water partition coefficient (Wildman–Crippen LogP) is 4.20. The summed E-state index contributed by atoms with van der Waals surface area (Å²) in [6, 6.07) is 9.98. The highest BCUT2D eigenvalue weighted by Crippen LogP contribution is 2.35. The molecule has 1 atom stereocenters. The van der Waals surface area contributed by atoms with Gasteiger partial charge >= 0.3 is 5.97 Å². The third-order valence-corrected chi connectivity index (χ3v) is 6.66. The van der Waals surface area contributed by atoms with Crippen LogP contribution in [0.15, 0.2) is 47.4 Å². The van der Waals surface area contributed by atoms with Gasteiger partial charge < -0.3 is 14.2 Å². The number of nitro benzene ring substituents is 1. The lowest BCUT2D eigenvalue weighted by Crippen LogP contribution is -2.35. The van der Waals surface area contributed by atoms with E-state index in [1.165, 1.54) is 43.1 Å². The zero-order valence-corrected chi connectivity index (χ0v) is 19.7. The summed E-state index contributed by atoms with van der Waals surface area (Å²) in [7, 11) is 1.43. The number of rotatable bonds is 7. The third kappa shape index (κ3) is 5.27. The second-order valence-corrected chi connectivity index (χ2v) is 9.21. The molecule has 11 heteroatoms. The Balaban J connectivity index is 1.48. The minimum atomic E-state index is -0.684. The number of nitro groups is 1. The Morgan fingerprint density at radius 1 is 1.29 bits per heavy atom. The van der Waals surface area contributed by atoms with Crippen molar-refractivity contribution >= 4 is 51.9 Å². The summed E-state index contributed by atoms with van der Waals surface area (Å²) in [5, 5.41) is 10.8. The van der Waals surface area contributed by atoms with E-state index < -0.39 is 10.9 Å². The van der Waals surface area contributed by atoms with Crippen LogP contribution < -0.4 is 9.47 Å². The number of nitrogens with zero attached hydrogens (tertiary/aromatic N) is 2. The largest absolute Gasteiger partial charge is 0.493 e. The van der Waals surface area contributed by atoms with Crippen molar-refractivity contribution in [2.24, 2.45) is 0 Å². The van der Waals surface area contributed by atoms with Crippen molar-refractivity contribution in [1.29, 1.82) is 0 Å². The van der Waals surface area contributed by atoms with Crippen molar-refractivity contribution in [2.75, 3.05) is 20.3 Å². The first-order valence-electron chi connectivity index (χ1n) is 10.4. The first-order chi connectivity index (χ1) is 16.4. The summed E-state index contributed by atoms with van der Waals surface area (Å²) >= 11 is 6.61. The van der Waals surface area contributed by atoms with Crippen LogP contribution in [0.1, 0.15) is 28.8 Å². The van der Waals surface area contributed by atoms with Crippen molar-refractivity contribution in [3.8, 4) is 11.5 Å². The molecule has 0 radical (unpaired) electrons. The Bertz CT molecular complexity index is 1170. The van der Waals surface area contributed by atoms with Gasteiger partial charge in [0.2, 0.25) is 0 Å². The molecule has 0 aromatic heterocycles. The number of thiocarbonyl (C=S) groups is 1. The quantitative estimate of drug-likeness (QED) is 0.138. The Kier molecular flexibility index (Phi) is 7.25. The van der Waals surface area contributed by atoms with Crippen LogP contribution in [0.4, 0.5) is 5.69 Å². The summed E-state index contributed by atoms with van der Waals surface area (Å²) in [6.07, 6.45) is 3.61. The van der Waals surface area contributed by atoms with Crippen LogP contribution in [0.25, 0.3) is 6.08 Å². The molecular formula is C23H20N2O7S2. The standard InChI is InChI=1S/C23H20N2O7S2/c1-30-19-11-14(12-20-21(26)24(23(33)34-20)13-17-3-2-10-31-17)4-9-18(19)32-22(27)15-5-7-16(8-6-15)25(28)29/h4-9,11-12,17H,2-3,10,13H2,1H3/b20-12-. The maximum absolute atomic E-state index is 12.8. The van der Waals surface area contributed by atoms with Crippen LogP contribution >= 0.6 is 24.0 Å². The minimum absolute atomic E-state index is 0.00617. The number of carbonyl (C=O) groups is 2. The van der Waals surface area contributed by atoms with Gasteiger partial charge in [0.15, 0.2) is 11.5 Å². The molecule has 4 rings (SSSR count). The lowest BCUT2D eigenvalue weighted by Gasteiger charge is -2.18. The van der Waals surface area contributed by atoms with E-state index in [0.29, 0.717) is 33.7 Å². The van der Waals surface area contributed by atoms with Gasteiger partial charge in [0, 0.05) is 18.7 Å². The Hall–Kier alpha value is -3.28. The molecule has 2 fully saturated rings. The zero-order chi connectivity index (χ0) is 24.2. The predicted molar refractivity (Wildman–Crippen MR) is 130 cm³/mol. The van der Waals surface area contributed by atoms with Crippen molar-refractivity contribution < 1.29 is 28.7 Å². The van der Waals surface area contributed by atoms with E-state index in [1.54, 1.807) is 29.2 Å². The first kappa shape index (κ1) is 23.9. The number of methoxy groups -OCH3 is 1.